The topological polar surface area (TPSA) is 88.2 Å². The Morgan fingerprint density at radius 1 is 1.50 bits per heavy atom. The quantitative estimate of drug-likeness (QED) is 0.810. The molecule has 0 unspecified atom stereocenters. The molecule has 2 atom stereocenters. The average molecular weight is 277 g/mol. The Bertz CT molecular complexity index is 534. The molecule has 0 amide bonds. The molecule has 20 heavy (non-hydrogen) atoms. The summed E-state index contributed by atoms with van der Waals surface area (Å²) < 4.78 is 1.71. The highest BCUT2D eigenvalue weighted by Crippen LogP contribution is 2.34. The van der Waals surface area contributed by atoms with Crippen LogP contribution in [0.15, 0.2) is 18.3 Å². The molecule has 1 heterocycles. The van der Waals surface area contributed by atoms with Gasteiger partial charge < -0.3 is 10.2 Å². The second kappa shape index (κ2) is 5.01. The summed E-state index contributed by atoms with van der Waals surface area (Å²) in [5.41, 5.74) is 0.172. The predicted octanol–water partition coefficient (Wildman–Crippen LogP) is 1.33. The van der Waals surface area contributed by atoms with Gasteiger partial charge in [0, 0.05) is 12.6 Å². The first-order chi connectivity index (χ1) is 9.56. The van der Waals surface area contributed by atoms with Crippen molar-refractivity contribution < 1.29 is 15.0 Å². The van der Waals surface area contributed by atoms with E-state index < -0.39 is 11.6 Å². The van der Waals surface area contributed by atoms with E-state index in [1.54, 1.807) is 4.68 Å². The SMILES string of the molecule is O=C(O)[C@@H]1CC=C[C@@H](n2cc(CC3(O)CCC3)nn2)C1. The van der Waals surface area contributed by atoms with E-state index in [4.69, 9.17) is 5.11 Å². The van der Waals surface area contributed by atoms with E-state index in [-0.39, 0.29) is 12.0 Å². The first kappa shape index (κ1) is 13.3. The van der Waals surface area contributed by atoms with E-state index in [0.29, 0.717) is 19.3 Å². The normalized spacial score (nSPS) is 28.1. The van der Waals surface area contributed by atoms with Gasteiger partial charge in [0.2, 0.25) is 0 Å². The van der Waals surface area contributed by atoms with Crippen molar-refractivity contribution in [1.82, 2.24) is 15.0 Å². The standard InChI is InChI=1S/C14H19N3O3/c18-13(19)10-3-1-4-12(7-10)17-9-11(15-16-17)8-14(20)5-2-6-14/h1,4,9-10,12,20H,2-3,5-8H2,(H,18,19)/t10-,12-/m1/s1. The Hall–Kier alpha value is -1.69. The van der Waals surface area contributed by atoms with Gasteiger partial charge in [-0.2, -0.15) is 0 Å². The van der Waals surface area contributed by atoms with Crippen molar-refractivity contribution in [2.45, 2.75) is 50.2 Å². The second-order valence-electron chi connectivity index (χ2n) is 5.95. The van der Waals surface area contributed by atoms with Gasteiger partial charge in [-0.3, -0.25) is 4.79 Å². The molecule has 108 valence electrons. The molecule has 6 nitrogen and oxygen atoms in total. The number of carboxylic acid groups (broad SMARTS) is 1. The zero-order valence-electron chi connectivity index (χ0n) is 11.3. The fourth-order valence-corrected chi connectivity index (χ4v) is 2.92. The molecule has 3 rings (SSSR count). The van der Waals surface area contributed by atoms with Gasteiger partial charge in [0.15, 0.2) is 0 Å². The number of allylic oxidation sites excluding steroid dienone is 2. The molecule has 1 aromatic heterocycles. The third kappa shape index (κ3) is 2.60. The van der Waals surface area contributed by atoms with E-state index in [9.17, 15) is 9.90 Å². The Balaban J connectivity index is 1.68. The van der Waals surface area contributed by atoms with Crippen LogP contribution in [0.4, 0.5) is 0 Å². The number of carboxylic acids is 1. The number of aromatic nitrogens is 3. The monoisotopic (exact) mass is 277 g/mol. The fraction of sp³-hybridized carbons (Fsp3) is 0.643. The molecule has 1 fully saturated rings. The third-order valence-electron chi connectivity index (χ3n) is 4.35. The molecule has 0 aliphatic heterocycles. The van der Waals surface area contributed by atoms with Crippen molar-refractivity contribution in [3.05, 3.63) is 24.0 Å². The maximum atomic E-state index is 11.1. The van der Waals surface area contributed by atoms with Crippen LogP contribution in [0.1, 0.15) is 43.8 Å². The van der Waals surface area contributed by atoms with Gasteiger partial charge in [0.1, 0.15) is 0 Å². The minimum absolute atomic E-state index is 0.0536. The minimum Gasteiger partial charge on any atom is -0.481 e. The van der Waals surface area contributed by atoms with Gasteiger partial charge in [0.05, 0.1) is 23.3 Å². The average Bonchev–Trinajstić information content (AvgIpc) is 2.85. The summed E-state index contributed by atoms with van der Waals surface area (Å²) in [6.45, 7) is 0. The largest absolute Gasteiger partial charge is 0.481 e. The summed E-state index contributed by atoms with van der Waals surface area (Å²) in [7, 11) is 0. The Morgan fingerprint density at radius 2 is 2.30 bits per heavy atom. The van der Waals surface area contributed by atoms with Gasteiger partial charge in [0.25, 0.3) is 0 Å². The van der Waals surface area contributed by atoms with Crippen molar-refractivity contribution in [3.8, 4) is 0 Å². The molecule has 2 aliphatic carbocycles. The van der Waals surface area contributed by atoms with E-state index >= 15 is 0 Å². The molecule has 0 radical (unpaired) electrons. The highest BCUT2D eigenvalue weighted by atomic mass is 16.4. The van der Waals surface area contributed by atoms with Crippen LogP contribution < -0.4 is 0 Å². The first-order valence-corrected chi connectivity index (χ1v) is 7.08. The maximum Gasteiger partial charge on any atom is 0.306 e. The number of hydrogen-bond acceptors (Lipinski definition) is 4. The molecule has 0 bridgehead atoms. The van der Waals surface area contributed by atoms with E-state index in [2.05, 4.69) is 10.3 Å². The van der Waals surface area contributed by atoms with Crippen LogP contribution in [0, 0.1) is 5.92 Å². The molecule has 0 saturated heterocycles. The Labute approximate surface area is 117 Å². The highest BCUT2D eigenvalue weighted by molar-refractivity contribution is 5.70. The zero-order chi connectivity index (χ0) is 14.2. The zero-order valence-corrected chi connectivity index (χ0v) is 11.3. The van der Waals surface area contributed by atoms with Gasteiger partial charge in [-0.1, -0.05) is 17.4 Å². The Kier molecular flexibility index (Phi) is 3.33. The minimum atomic E-state index is -0.761. The number of nitrogens with zero attached hydrogens (tertiary/aromatic N) is 3. The lowest BCUT2D eigenvalue weighted by Gasteiger charge is -2.35. The lowest BCUT2D eigenvalue weighted by atomic mass is 9.77. The second-order valence-corrected chi connectivity index (χ2v) is 5.95. The number of carbonyl (C=O) groups is 1. The molecule has 0 aromatic carbocycles. The van der Waals surface area contributed by atoms with Crippen LogP contribution >= 0.6 is 0 Å². The Morgan fingerprint density at radius 3 is 2.95 bits per heavy atom. The third-order valence-corrected chi connectivity index (χ3v) is 4.35. The fourth-order valence-electron chi connectivity index (χ4n) is 2.92. The van der Waals surface area contributed by atoms with E-state index in [0.717, 1.165) is 25.0 Å². The highest BCUT2D eigenvalue weighted by Gasteiger charge is 2.35. The number of rotatable bonds is 4. The molecule has 0 spiro atoms. The molecule has 1 saturated carbocycles. The maximum absolute atomic E-state index is 11.1. The van der Waals surface area contributed by atoms with Crippen LogP contribution in [0.25, 0.3) is 0 Å². The van der Waals surface area contributed by atoms with Crippen LogP contribution in [0.3, 0.4) is 0 Å². The predicted molar refractivity (Wildman–Crippen MR) is 71.1 cm³/mol. The smallest absolute Gasteiger partial charge is 0.306 e. The van der Waals surface area contributed by atoms with Crippen molar-refractivity contribution in [1.29, 1.82) is 0 Å². The number of aliphatic carboxylic acids is 1. The van der Waals surface area contributed by atoms with Gasteiger partial charge in [-0.25, -0.2) is 4.68 Å². The van der Waals surface area contributed by atoms with Gasteiger partial charge >= 0.3 is 5.97 Å². The molecule has 2 aliphatic rings. The summed E-state index contributed by atoms with van der Waals surface area (Å²) >= 11 is 0. The van der Waals surface area contributed by atoms with Crippen LogP contribution in [-0.4, -0.2) is 36.8 Å². The van der Waals surface area contributed by atoms with Crippen molar-refractivity contribution in [2.75, 3.05) is 0 Å². The lowest BCUT2D eigenvalue weighted by molar-refractivity contribution is -0.142. The summed E-state index contributed by atoms with van der Waals surface area (Å²) in [6, 6.07) is -0.0536. The van der Waals surface area contributed by atoms with Crippen molar-refractivity contribution >= 4 is 5.97 Å². The van der Waals surface area contributed by atoms with Crippen molar-refractivity contribution in [3.63, 3.8) is 0 Å². The summed E-state index contributed by atoms with van der Waals surface area (Å²) in [6.07, 6.45) is 10.1. The van der Waals surface area contributed by atoms with Crippen LogP contribution in [0.5, 0.6) is 0 Å². The van der Waals surface area contributed by atoms with Gasteiger partial charge in [-0.15, -0.1) is 5.10 Å². The summed E-state index contributed by atoms with van der Waals surface area (Å²) in [4.78, 5) is 11.1. The van der Waals surface area contributed by atoms with E-state index in [1.165, 1.54) is 0 Å². The molecular weight excluding hydrogens is 258 g/mol. The number of aliphatic hydroxyl groups is 1. The molecule has 2 N–H and O–H groups in total. The first-order valence-electron chi connectivity index (χ1n) is 7.08. The van der Waals surface area contributed by atoms with Gasteiger partial charge in [-0.05, 0) is 32.1 Å². The number of hydrogen-bond donors (Lipinski definition) is 2. The van der Waals surface area contributed by atoms with Crippen LogP contribution in [0.2, 0.25) is 0 Å². The van der Waals surface area contributed by atoms with Crippen LogP contribution in [-0.2, 0) is 11.2 Å². The summed E-state index contributed by atoms with van der Waals surface area (Å²) in [5, 5.41) is 27.4. The molecule has 6 heteroatoms. The lowest BCUT2D eigenvalue weighted by Crippen LogP contribution is -2.39. The van der Waals surface area contributed by atoms with Crippen molar-refractivity contribution in [2.24, 2.45) is 5.92 Å². The molecular formula is C14H19N3O3. The van der Waals surface area contributed by atoms with E-state index in [1.807, 2.05) is 18.3 Å². The summed E-state index contributed by atoms with van der Waals surface area (Å²) in [5.74, 6) is -1.11. The molecule has 1 aromatic rings.